The van der Waals surface area contributed by atoms with E-state index in [1.165, 1.54) is 0 Å². The molecule has 1 aromatic carbocycles. The van der Waals surface area contributed by atoms with Crippen LogP contribution in [0.15, 0.2) is 12.1 Å². The van der Waals surface area contributed by atoms with E-state index in [2.05, 4.69) is 5.32 Å². The van der Waals surface area contributed by atoms with Crippen LogP contribution < -0.4 is 14.8 Å². The number of ether oxygens (including phenoxy) is 2. The van der Waals surface area contributed by atoms with Crippen LogP contribution in [0.4, 0.5) is 0 Å². The van der Waals surface area contributed by atoms with Gasteiger partial charge in [-0.2, -0.15) is 0 Å². The first-order chi connectivity index (χ1) is 12.0. The van der Waals surface area contributed by atoms with Gasteiger partial charge in [-0.25, -0.2) is 0 Å². The number of nitrogens with one attached hydrogen (secondary N) is 1. The molecule has 0 bridgehead atoms. The van der Waals surface area contributed by atoms with E-state index in [4.69, 9.17) is 9.47 Å². The molecule has 0 radical (unpaired) electrons. The van der Waals surface area contributed by atoms with Gasteiger partial charge >= 0.3 is 0 Å². The fourth-order valence-corrected chi connectivity index (χ4v) is 3.00. The first kappa shape index (κ1) is 19.1. The quantitative estimate of drug-likeness (QED) is 0.776. The van der Waals surface area contributed by atoms with Gasteiger partial charge < -0.3 is 24.8 Å². The molecule has 2 rings (SSSR count). The van der Waals surface area contributed by atoms with Crippen LogP contribution in [-0.4, -0.2) is 49.1 Å². The van der Waals surface area contributed by atoms with E-state index in [0.717, 1.165) is 12.0 Å². The summed E-state index contributed by atoms with van der Waals surface area (Å²) >= 11 is 0. The van der Waals surface area contributed by atoms with Crippen molar-refractivity contribution in [3.63, 3.8) is 0 Å². The van der Waals surface area contributed by atoms with E-state index >= 15 is 0 Å². The molecule has 7 nitrogen and oxygen atoms in total. The lowest BCUT2D eigenvalue weighted by Crippen LogP contribution is -2.39. The molecule has 138 valence electrons. The summed E-state index contributed by atoms with van der Waals surface area (Å²) < 4.78 is 10.7. The van der Waals surface area contributed by atoms with Crippen LogP contribution in [0.1, 0.15) is 43.4 Å². The smallest absolute Gasteiger partial charge is 0.223 e. The average Bonchev–Trinajstić information content (AvgIpc) is 2.63. The zero-order chi connectivity index (χ0) is 18.4. The average molecular weight is 350 g/mol. The van der Waals surface area contributed by atoms with Gasteiger partial charge in [-0.05, 0) is 18.6 Å². The Morgan fingerprint density at radius 1 is 1.24 bits per heavy atom. The van der Waals surface area contributed by atoms with Crippen molar-refractivity contribution in [3.05, 3.63) is 23.3 Å². The molecule has 25 heavy (non-hydrogen) atoms. The number of nitrogens with zero attached hydrogens (tertiary/aromatic N) is 1. The highest BCUT2D eigenvalue weighted by atomic mass is 16.5. The van der Waals surface area contributed by atoms with Gasteiger partial charge in [0.2, 0.25) is 11.8 Å². The second-order valence-corrected chi connectivity index (χ2v) is 6.00. The Kier molecular flexibility index (Phi) is 6.64. The maximum atomic E-state index is 12.4. The Morgan fingerprint density at radius 2 is 1.92 bits per heavy atom. The Labute approximate surface area is 147 Å². The van der Waals surface area contributed by atoms with Gasteiger partial charge in [-0.3, -0.25) is 9.59 Å². The van der Waals surface area contributed by atoms with Gasteiger partial charge in [-0.15, -0.1) is 0 Å². The summed E-state index contributed by atoms with van der Waals surface area (Å²) in [5.74, 6) is 0.885. The number of aliphatic hydroxyl groups is 1. The molecule has 0 aromatic heterocycles. The molecule has 1 atom stereocenters. The molecule has 7 heteroatoms. The van der Waals surface area contributed by atoms with Crippen molar-refractivity contribution in [1.82, 2.24) is 10.2 Å². The topological polar surface area (TPSA) is 88.1 Å². The highest BCUT2D eigenvalue weighted by Gasteiger charge is 2.31. The van der Waals surface area contributed by atoms with Crippen LogP contribution in [0.3, 0.4) is 0 Å². The largest absolute Gasteiger partial charge is 0.496 e. The lowest BCUT2D eigenvalue weighted by molar-refractivity contribution is -0.136. The number of carbonyl (C=O) groups excluding carboxylic acids is 2. The van der Waals surface area contributed by atoms with Crippen molar-refractivity contribution >= 4 is 11.8 Å². The molecular formula is C18H26N2O5. The molecule has 0 aliphatic carbocycles. The van der Waals surface area contributed by atoms with Gasteiger partial charge in [-0.1, -0.05) is 6.92 Å². The van der Waals surface area contributed by atoms with Crippen LogP contribution in [0, 0.1) is 0 Å². The minimum atomic E-state index is -0.855. The van der Waals surface area contributed by atoms with Crippen LogP contribution in [-0.2, 0) is 16.1 Å². The molecule has 1 aromatic rings. The minimum absolute atomic E-state index is 0.115. The summed E-state index contributed by atoms with van der Waals surface area (Å²) in [6, 6.07) is 3.51. The zero-order valence-corrected chi connectivity index (χ0v) is 15.0. The number of benzene rings is 1. The monoisotopic (exact) mass is 350 g/mol. The Bertz CT molecular complexity index is 632. The summed E-state index contributed by atoms with van der Waals surface area (Å²) in [6.07, 6.45) is 0.264. The summed E-state index contributed by atoms with van der Waals surface area (Å²) in [6.45, 7) is 3.08. The molecule has 1 aliphatic rings. The first-order valence-electron chi connectivity index (χ1n) is 8.48. The molecule has 2 amide bonds. The van der Waals surface area contributed by atoms with Gasteiger partial charge in [0.05, 0.1) is 20.8 Å². The second kappa shape index (κ2) is 8.71. The third-order valence-corrected chi connectivity index (χ3v) is 4.28. The number of β-amino-alcohol motifs (C(OH)–C–C–N with tert-alkyl or cyclic N) is 1. The van der Waals surface area contributed by atoms with E-state index in [0.29, 0.717) is 30.2 Å². The number of rotatable bonds is 7. The molecule has 0 fully saturated rings. The number of fused-ring (bicyclic) bond motifs is 1. The molecule has 0 saturated carbocycles. The summed E-state index contributed by atoms with van der Waals surface area (Å²) in [7, 11) is 3.09. The number of carbonyl (C=O) groups is 2. The van der Waals surface area contributed by atoms with Gasteiger partial charge in [0.1, 0.15) is 17.6 Å². The first-order valence-corrected chi connectivity index (χ1v) is 8.48. The van der Waals surface area contributed by atoms with Crippen LogP contribution in [0.25, 0.3) is 0 Å². The highest BCUT2D eigenvalue weighted by molar-refractivity contribution is 5.84. The van der Waals surface area contributed by atoms with Crippen molar-refractivity contribution in [2.75, 3.05) is 27.3 Å². The number of hydrogen-bond acceptors (Lipinski definition) is 5. The SMILES string of the molecule is CCCNC(=O)CCC(=O)N1Cc2c(OC)ccc(OC)c2[C@H](O)C1. The number of methoxy groups -OCH3 is 2. The molecule has 0 unspecified atom stereocenters. The fraction of sp³-hybridized carbons (Fsp3) is 0.556. The lowest BCUT2D eigenvalue weighted by atomic mass is 9.95. The molecule has 0 spiro atoms. The maximum absolute atomic E-state index is 12.4. The second-order valence-electron chi connectivity index (χ2n) is 6.00. The third kappa shape index (κ3) is 4.42. The van der Waals surface area contributed by atoms with Crippen LogP contribution >= 0.6 is 0 Å². The summed E-state index contributed by atoms with van der Waals surface area (Å²) in [5.41, 5.74) is 1.40. The van der Waals surface area contributed by atoms with Crippen molar-refractivity contribution in [2.24, 2.45) is 0 Å². The predicted molar refractivity (Wildman–Crippen MR) is 92.5 cm³/mol. The summed E-state index contributed by atoms with van der Waals surface area (Å²) in [5, 5.41) is 13.3. The standard InChI is InChI=1S/C18H26N2O5/c1-4-9-19-16(22)7-8-17(23)20-10-12-14(24-2)5-6-15(25-3)18(12)13(21)11-20/h5-6,13,21H,4,7-11H2,1-3H3,(H,19,22)/t13-/m1/s1. The normalized spacial score (nSPS) is 16.2. The van der Waals surface area contributed by atoms with Crippen molar-refractivity contribution in [2.45, 2.75) is 38.8 Å². The zero-order valence-electron chi connectivity index (χ0n) is 15.0. The Balaban J connectivity index is 2.09. The Morgan fingerprint density at radius 3 is 2.56 bits per heavy atom. The molecule has 0 saturated heterocycles. The molecule has 1 aliphatic heterocycles. The predicted octanol–water partition coefficient (Wildman–Crippen LogP) is 1.39. The number of aliphatic hydroxyl groups excluding tert-OH is 1. The van der Waals surface area contributed by atoms with E-state index in [1.54, 1.807) is 31.3 Å². The highest BCUT2D eigenvalue weighted by Crippen LogP contribution is 2.39. The maximum Gasteiger partial charge on any atom is 0.223 e. The van der Waals surface area contributed by atoms with Crippen molar-refractivity contribution < 1.29 is 24.2 Å². The number of amides is 2. The third-order valence-electron chi connectivity index (χ3n) is 4.28. The number of hydrogen-bond donors (Lipinski definition) is 2. The van der Waals surface area contributed by atoms with Crippen molar-refractivity contribution in [3.8, 4) is 11.5 Å². The Hall–Kier alpha value is -2.28. The van der Waals surface area contributed by atoms with Gasteiger partial charge in [0.25, 0.3) is 0 Å². The van der Waals surface area contributed by atoms with Gasteiger partial charge in [0, 0.05) is 37.1 Å². The van der Waals surface area contributed by atoms with E-state index in [-0.39, 0.29) is 31.2 Å². The van der Waals surface area contributed by atoms with Crippen LogP contribution in [0.2, 0.25) is 0 Å². The van der Waals surface area contributed by atoms with E-state index in [9.17, 15) is 14.7 Å². The molecular weight excluding hydrogens is 324 g/mol. The lowest BCUT2D eigenvalue weighted by Gasteiger charge is -2.34. The minimum Gasteiger partial charge on any atom is -0.496 e. The van der Waals surface area contributed by atoms with E-state index in [1.807, 2.05) is 6.92 Å². The van der Waals surface area contributed by atoms with Gasteiger partial charge in [0.15, 0.2) is 0 Å². The fourth-order valence-electron chi connectivity index (χ4n) is 3.00. The molecule has 2 N–H and O–H groups in total. The van der Waals surface area contributed by atoms with Crippen LogP contribution in [0.5, 0.6) is 11.5 Å². The van der Waals surface area contributed by atoms with E-state index < -0.39 is 6.10 Å². The molecule has 1 heterocycles. The summed E-state index contributed by atoms with van der Waals surface area (Å²) in [4.78, 5) is 25.7. The van der Waals surface area contributed by atoms with Crippen molar-refractivity contribution in [1.29, 1.82) is 0 Å².